The van der Waals surface area contributed by atoms with Gasteiger partial charge in [-0.1, -0.05) is 30.7 Å². The molecule has 0 saturated carbocycles. The molecule has 0 amide bonds. The molecule has 0 saturated heterocycles. The summed E-state index contributed by atoms with van der Waals surface area (Å²) in [5.74, 6) is 1.54. The van der Waals surface area contributed by atoms with Crippen LogP contribution in [-0.2, 0) is 13.0 Å². The molecular formula is C22H19ClN6S. The lowest BCUT2D eigenvalue weighted by atomic mass is 10.0. The minimum Gasteiger partial charge on any atom is -0.265 e. The average molecular weight is 435 g/mol. The normalized spacial score (nSPS) is 12.9. The zero-order valence-electron chi connectivity index (χ0n) is 16.6. The molecule has 0 atom stereocenters. The fourth-order valence-corrected chi connectivity index (χ4v) is 4.77. The predicted octanol–water partition coefficient (Wildman–Crippen LogP) is 5.02. The largest absolute Gasteiger partial charge is 0.265 e. The third-order valence-corrected chi connectivity index (χ3v) is 6.55. The monoisotopic (exact) mass is 434 g/mol. The van der Waals surface area contributed by atoms with Gasteiger partial charge in [0.25, 0.3) is 5.95 Å². The molecule has 0 aliphatic carbocycles. The van der Waals surface area contributed by atoms with E-state index in [1.807, 2.05) is 48.3 Å². The maximum Gasteiger partial charge on any atom is 0.253 e. The molecule has 8 heteroatoms. The van der Waals surface area contributed by atoms with Crippen molar-refractivity contribution in [1.82, 2.24) is 19.7 Å². The molecule has 0 spiro atoms. The Balaban J connectivity index is 1.73. The van der Waals surface area contributed by atoms with Gasteiger partial charge in [-0.05, 0) is 49.2 Å². The van der Waals surface area contributed by atoms with Gasteiger partial charge in [-0.25, -0.2) is 5.01 Å². The molecule has 4 heterocycles. The van der Waals surface area contributed by atoms with Crippen molar-refractivity contribution < 1.29 is 0 Å². The molecule has 0 unspecified atom stereocenters. The Morgan fingerprint density at radius 2 is 1.80 bits per heavy atom. The second kappa shape index (κ2) is 7.66. The number of rotatable bonds is 4. The molecule has 30 heavy (non-hydrogen) atoms. The number of hydrazone groups is 1. The standard InChI is InChI=1S/C22H19ClN6S/c1-3-18-12-19-20(16-4-6-17(23)7-5-16)27-28(13-15-8-10-24-11-9-15)22-26-25-14(2)29(22)21(19)30-18/h4-12H,3,13H2,1-2H3. The summed E-state index contributed by atoms with van der Waals surface area (Å²) < 4.78 is 2.10. The molecule has 0 radical (unpaired) electrons. The Kier molecular flexibility index (Phi) is 4.84. The maximum absolute atomic E-state index is 6.15. The van der Waals surface area contributed by atoms with Crippen molar-refractivity contribution in [3.8, 4) is 5.00 Å². The van der Waals surface area contributed by atoms with Gasteiger partial charge in [-0.3, -0.25) is 9.55 Å². The molecule has 4 aromatic rings. The number of aryl methyl sites for hydroxylation is 2. The Morgan fingerprint density at radius 3 is 2.53 bits per heavy atom. The lowest BCUT2D eigenvalue weighted by Gasteiger charge is -2.17. The Labute approximate surface area is 183 Å². The van der Waals surface area contributed by atoms with Gasteiger partial charge in [0, 0.05) is 33.4 Å². The molecule has 1 aliphatic heterocycles. The number of hydrogen-bond donors (Lipinski definition) is 0. The number of aromatic nitrogens is 4. The van der Waals surface area contributed by atoms with Crippen molar-refractivity contribution in [3.63, 3.8) is 0 Å². The Hall–Kier alpha value is -3.03. The Morgan fingerprint density at radius 1 is 1.03 bits per heavy atom. The number of fused-ring (bicyclic) bond motifs is 3. The molecular weight excluding hydrogens is 416 g/mol. The van der Waals surface area contributed by atoms with Crippen LogP contribution in [0.4, 0.5) is 5.95 Å². The van der Waals surface area contributed by atoms with Gasteiger partial charge in [0.15, 0.2) is 0 Å². The van der Waals surface area contributed by atoms with Crippen molar-refractivity contribution in [2.24, 2.45) is 5.10 Å². The van der Waals surface area contributed by atoms with E-state index in [0.29, 0.717) is 17.5 Å². The number of hydrogen-bond acceptors (Lipinski definition) is 6. The fraction of sp³-hybridized carbons (Fsp3) is 0.182. The summed E-state index contributed by atoms with van der Waals surface area (Å²) in [6, 6.07) is 14.0. The smallest absolute Gasteiger partial charge is 0.253 e. The van der Waals surface area contributed by atoms with Crippen LogP contribution in [-0.4, -0.2) is 25.5 Å². The highest BCUT2D eigenvalue weighted by molar-refractivity contribution is 7.15. The van der Waals surface area contributed by atoms with E-state index in [9.17, 15) is 0 Å². The second-order valence-corrected chi connectivity index (χ2v) is 8.59. The van der Waals surface area contributed by atoms with Crippen LogP contribution in [0.1, 0.15) is 34.3 Å². The lowest BCUT2D eigenvalue weighted by Crippen LogP contribution is -2.20. The molecule has 0 bridgehead atoms. The molecule has 3 aromatic heterocycles. The van der Waals surface area contributed by atoms with Crippen LogP contribution in [0.25, 0.3) is 5.00 Å². The summed E-state index contributed by atoms with van der Waals surface area (Å²) in [6.45, 7) is 4.71. The Bertz CT molecular complexity index is 1230. The number of thiophene rings is 1. The van der Waals surface area contributed by atoms with Gasteiger partial charge in [0.1, 0.15) is 16.5 Å². The minimum absolute atomic E-state index is 0.563. The van der Waals surface area contributed by atoms with Crippen LogP contribution in [0, 0.1) is 6.92 Å². The van der Waals surface area contributed by atoms with E-state index in [0.717, 1.165) is 39.6 Å². The quantitative estimate of drug-likeness (QED) is 0.452. The summed E-state index contributed by atoms with van der Waals surface area (Å²) in [6.07, 6.45) is 4.54. The van der Waals surface area contributed by atoms with E-state index in [1.54, 1.807) is 23.7 Å². The summed E-state index contributed by atoms with van der Waals surface area (Å²) in [5.41, 5.74) is 4.09. The third-order valence-electron chi connectivity index (χ3n) is 5.03. The van der Waals surface area contributed by atoms with Gasteiger partial charge < -0.3 is 0 Å². The van der Waals surface area contributed by atoms with Crippen molar-refractivity contribution in [2.45, 2.75) is 26.8 Å². The van der Waals surface area contributed by atoms with E-state index in [1.165, 1.54) is 4.88 Å². The van der Waals surface area contributed by atoms with Crippen molar-refractivity contribution >= 4 is 34.6 Å². The number of halogens is 1. The van der Waals surface area contributed by atoms with E-state index in [-0.39, 0.29) is 0 Å². The van der Waals surface area contributed by atoms with Crippen LogP contribution >= 0.6 is 22.9 Å². The highest BCUT2D eigenvalue weighted by Crippen LogP contribution is 2.36. The summed E-state index contributed by atoms with van der Waals surface area (Å²) in [7, 11) is 0. The van der Waals surface area contributed by atoms with Gasteiger partial charge in [-0.15, -0.1) is 21.5 Å². The number of anilines is 1. The van der Waals surface area contributed by atoms with Gasteiger partial charge in [0.05, 0.1) is 6.54 Å². The van der Waals surface area contributed by atoms with Crippen molar-refractivity contribution in [2.75, 3.05) is 5.01 Å². The van der Waals surface area contributed by atoms with Crippen LogP contribution in [0.3, 0.4) is 0 Å². The maximum atomic E-state index is 6.15. The molecule has 150 valence electrons. The first-order chi connectivity index (χ1) is 14.6. The molecule has 1 aliphatic rings. The molecule has 0 fully saturated rings. The predicted molar refractivity (Wildman–Crippen MR) is 121 cm³/mol. The van der Waals surface area contributed by atoms with Crippen LogP contribution in [0.2, 0.25) is 5.02 Å². The van der Waals surface area contributed by atoms with E-state index >= 15 is 0 Å². The van der Waals surface area contributed by atoms with Crippen LogP contribution in [0.15, 0.2) is 60.0 Å². The highest BCUT2D eigenvalue weighted by Gasteiger charge is 2.28. The zero-order chi connectivity index (χ0) is 20.7. The topological polar surface area (TPSA) is 59.2 Å². The minimum atomic E-state index is 0.563. The zero-order valence-corrected chi connectivity index (χ0v) is 18.2. The number of pyridine rings is 1. The SMILES string of the molecule is CCc1cc2c(s1)-n1c(C)nnc1N(Cc1ccncc1)N=C2c1ccc(Cl)cc1. The fourth-order valence-electron chi connectivity index (χ4n) is 3.50. The molecule has 0 N–H and O–H groups in total. The van der Waals surface area contributed by atoms with E-state index in [4.69, 9.17) is 16.7 Å². The molecule has 5 rings (SSSR count). The van der Waals surface area contributed by atoms with Gasteiger partial charge >= 0.3 is 0 Å². The molecule has 1 aromatic carbocycles. The van der Waals surface area contributed by atoms with Crippen LogP contribution in [0.5, 0.6) is 0 Å². The number of nitrogens with zero attached hydrogens (tertiary/aromatic N) is 6. The summed E-state index contributed by atoms with van der Waals surface area (Å²) >= 11 is 7.90. The molecule has 6 nitrogen and oxygen atoms in total. The van der Waals surface area contributed by atoms with Crippen molar-refractivity contribution in [1.29, 1.82) is 0 Å². The third kappa shape index (κ3) is 3.30. The first kappa shape index (κ1) is 19.0. The first-order valence-electron chi connectivity index (χ1n) is 9.70. The van der Waals surface area contributed by atoms with Crippen molar-refractivity contribution in [3.05, 3.63) is 87.3 Å². The van der Waals surface area contributed by atoms with Gasteiger partial charge in [0.2, 0.25) is 0 Å². The van der Waals surface area contributed by atoms with Crippen LogP contribution < -0.4 is 5.01 Å². The average Bonchev–Trinajstić information content (AvgIpc) is 3.33. The van der Waals surface area contributed by atoms with E-state index < -0.39 is 0 Å². The number of benzene rings is 1. The summed E-state index contributed by atoms with van der Waals surface area (Å²) in [4.78, 5) is 5.42. The lowest BCUT2D eigenvalue weighted by molar-refractivity contribution is 0.797. The first-order valence-corrected chi connectivity index (χ1v) is 10.9. The highest BCUT2D eigenvalue weighted by atomic mass is 35.5. The summed E-state index contributed by atoms with van der Waals surface area (Å²) in [5, 5.41) is 17.6. The second-order valence-electron chi connectivity index (χ2n) is 7.04. The van der Waals surface area contributed by atoms with Gasteiger partial charge in [-0.2, -0.15) is 5.10 Å². The van der Waals surface area contributed by atoms with E-state index in [2.05, 4.69) is 32.7 Å².